The second-order valence-electron chi connectivity index (χ2n) is 11.3. The fourth-order valence-electron chi connectivity index (χ4n) is 7.65. The lowest BCUT2D eigenvalue weighted by Crippen LogP contribution is -3.21. The van der Waals surface area contributed by atoms with Crippen molar-refractivity contribution >= 4 is 5.97 Å². The number of carbonyl (C=O) groups excluding carboxylic acids is 1. The summed E-state index contributed by atoms with van der Waals surface area (Å²) in [5.41, 5.74) is 1.92. The predicted molar refractivity (Wildman–Crippen MR) is 114 cm³/mol. The van der Waals surface area contributed by atoms with E-state index in [0.29, 0.717) is 11.8 Å². The van der Waals surface area contributed by atoms with E-state index >= 15 is 0 Å². The fraction of sp³-hybridized carbons (Fsp3) is 0.880. The Hall–Kier alpha value is -0.870. The summed E-state index contributed by atoms with van der Waals surface area (Å²) in [5.74, 6) is 1.22. The van der Waals surface area contributed by atoms with E-state index in [4.69, 9.17) is 4.74 Å². The summed E-state index contributed by atoms with van der Waals surface area (Å²) in [6, 6.07) is 0.878. The highest BCUT2D eigenvalue weighted by atomic mass is 16.6. The number of nitrogens with one attached hydrogen (secondary N) is 2. The van der Waals surface area contributed by atoms with Gasteiger partial charge in [0.15, 0.2) is 0 Å². The van der Waals surface area contributed by atoms with E-state index < -0.39 is 0 Å². The molecule has 0 spiro atoms. The molecule has 0 bridgehead atoms. The number of fused-ring (bicyclic) bond motifs is 2. The Bertz CT molecular complexity index is 647. The minimum absolute atomic E-state index is 0.0973. The minimum Gasteiger partial charge on any atom is -0.461 e. The van der Waals surface area contributed by atoms with Crippen molar-refractivity contribution in [1.82, 2.24) is 0 Å². The molecule has 0 radical (unpaired) electrons. The number of quaternary nitrogens is 2. The van der Waals surface area contributed by atoms with Gasteiger partial charge in [-0.1, -0.05) is 31.9 Å². The van der Waals surface area contributed by atoms with Crippen LogP contribution in [0.1, 0.15) is 71.6 Å². The van der Waals surface area contributed by atoms with Gasteiger partial charge in [0.25, 0.3) is 0 Å². The van der Waals surface area contributed by atoms with Gasteiger partial charge in [0, 0.05) is 18.8 Å². The Morgan fingerprint density at radius 1 is 1.07 bits per heavy atom. The first kappa shape index (κ1) is 20.1. The van der Waals surface area contributed by atoms with Gasteiger partial charge in [0.1, 0.15) is 12.0 Å². The smallest absolute Gasteiger partial charge is 0.315 e. The molecule has 4 heteroatoms. The number of carbonyl (C=O) groups is 1. The second kappa shape index (κ2) is 8.00. The van der Waals surface area contributed by atoms with E-state index in [1.165, 1.54) is 77.5 Å². The van der Waals surface area contributed by atoms with E-state index in [-0.39, 0.29) is 23.4 Å². The van der Waals surface area contributed by atoms with E-state index in [9.17, 15) is 4.79 Å². The molecule has 0 amide bonds. The summed E-state index contributed by atoms with van der Waals surface area (Å²) >= 11 is 0. The Labute approximate surface area is 177 Å². The maximum Gasteiger partial charge on any atom is 0.315 e. The van der Waals surface area contributed by atoms with Crippen LogP contribution in [0.25, 0.3) is 0 Å². The first-order valence-electron chi connectivity index (χ1n) is 12.6. The van der Waals surface area contributed by atoms with Crippen LogP contribution >= 0.6 is 0 Å². The van der Waals surface area contributed by atoms with Gasteiger partial charge in [-0.2, -0.15) is 0 Å². The maximum atomic E-state index is 12.8. The van der Waals surface area contributed by atoms with E-state index in [2.05, 4.69) is 19.9 Å². The van der Waals surface area contributed by atoms with E-state index in [1.54, 1.807) is 10.5 Å². The van der Waals surface area contributed by atoms with Gasteiger partial charge in [0.2, 0.25) is 0 Å². The van der Waals surface area contributed by atoms with Crippen molar-refractivity contribution in [3.8, 4) is 0 Å². The Morgan fingerprint density at radius 3 is 2.59 bits per heavy atom. The van der Waals surface area contributed by atoms with Crippen LogP contribution in [0.2, 0.25) is 0 Å². The number of ether oxygens (including phenoxy) is 1. The molecule has 0 aromatic rings. The molecule has 0 aromatic heterocycles. The van der Waals surface area contributed by atoms with E-state index in [0.717, 1.165) is 19.0 Å². The zero-order valence-corrected chi connectivity index (χ0v) is 18.7. The van der Waals surface area contributed by atoms with Crippen molar-refractivity contribution in [2.45, 2.75) is 83.8 Å². The van der Waals surface area contributed by atoms with Crippen molar-refractivity contribution in [1.29, 1.82) is 0 Å². The lowest BCUT2D eigenvalue weighted by Gasteiger charge is -2.46. The molecule has 0 unspecified atom stereocenters. The molecular weight excluding hydrogens is 360 g/mol. The van der Waals surface area contributed by atoms with Gasteiger partial charge in [0.05, 0.1) is 38.8 Å². The second-order valence-corrected chi connectivity index (χ2v) is 11.3. The summed E-state index contributed by atoms with van der Waals surface area (Å²) in [4.78, 5) is 16.4. The van der Waals surface area contributed by atoms with Crippen molar-refractivity contribution in [2.24, 2.45) is 23.2 Å². The van der Waals surface area contributed by atoms with Crippen LogP contribution in [0.15, 0.2) is 11.6 Å². The van der Waals surface area contributed by atoms with Gasteiger partial charge < -0.3 is 14.5 Å². The average molecular weight is 403 g/mol. The molecule has 5 atom stereocenters. The number of allylic oxidation sites excluding steroid dienone is 1. The third kappa shape index (κ3) is 3.80. The molecule has 4 nitrogen and oxygen atoms in total. The van der Waals surface area contributed by atoms with Crippen LogP contribution in [-0.2, 0) is 9.53 Å². The molecular formula is C25H42N2O2+2. The van der Waals surface area contributed by atoms with Gasteiger partial charge in [-0.05, 0) is 49.9 Å². The largest absolute Gasteiger partial charge is 0.461 e. The molecule has 1 saturated carbocycles. The summed E-state index contributed by atoms with van der Waals surface area (Å²) < 4.78 is 5.98. The van der Waals surface area contributed by atoms with Crippen LogP contribution < -0.4 is 9.80 Å². The van der Waals surface area contributed by atoms with Gasteiger partial charge in [-0.15, -0.1) is 0 Å². The third-order valence-electron chi connectivity index (χ3n) is 9.36. The molecule has 5 rings (SSSR count). The molecule has 2 aliphatic carbocycles. The van der Waals surface area contributed by atoms with Crippen LogP contribution in [0.3, 0.4) is 0 Å². The fourth-order valence-corrected chi connectivity index (χ4v) is 7.65. The number of likely N-dealkylation sites (tertiary alicyclic amines) is 2. The number of hydrogen-bond acceptors (Lipinski definition) is 2. The highest BCUT2D eigenvalue weighted by Gasteiger charge is 2.53. The SMILES string of the molecule is C[C@H]1CCC[C@]2(C)C[C@H]3OC(=O)[C@H](C[NH+]4CCC([NH+]5CCCCC5)CC4)[C@H]3C=C12. The van der Waals surface area contributed by atoms with Gasteiger partial charge in [-0.3, -0.25) is 4.79 Å². The quantitative estimate of drug-likeness (QED) is 0.553. The molecule has 0 aromatic carbocycles. The van der Waals surface area contributed by atoms with Crippen LogP contribution in [-0.4, -0.2) is 50.8 Å². The third-order valence-corrected chi connectivity index (χ3v) is 9.36. The highest BCUT2D eigenvalue weighted by molar-refractivity contribution is 5.76. The lowest BCUT2D eigenvalue weighted by molar-refractivity contribution is -0.961. The number of esters is 1. The minimum atomic E-state index is 0.0973. The van der Waals surface area contributed by atoms with Crippen LogP contribution in [0, 0.1) is 23.2 Å². The van der Waals surface area contributed by atoms with Crippen molar-refractivity contribution in [3.63, 3.8) is 0 Å². The normalized spacial score (nSPS) is 45.9. The first-order valence-corrected chi connectivity index (χ1v) is 12.6. The standard InChI is InChI=1S/C25H40N2O2/c1-18-7-6-10-25(2)16-23-20(15-22(18)25)21(24(28)29-23)17-26-13-8-19(9-14-26)27-11-4-3-5-12-27/h15,18-21,23H,3-14,16-17H2,1-2H3/p+2/t18-,20+,21+,23+,25+/m0/s1. The number of rotatable bonds is 3. The molecule has 2 N–H and O–H groups in total. The summed E-state index contributed by atoms with van der Waals surface area (Å²) in [7, 11) is 0. The molecule has 3 heterocycles. The zero-order chi connectivity index (χ0) is 20.0. The van der Waals surface area contributed by atoms with Gasteiger partial charge in [-0.25, -0.2) is 0 Å². The van der Waals surface area contributed by atoms with Crippen molar-refractivity contribution in [3.05, 3.63) is 11.6 Å². The summed E-state index contributed by atoms with van der Waals surface area (Å²) in [5, 5.41) is 0. The Balaban J connectivity index is 1.23. The molecule has 29 heavy (non-hydrogen) atoms. The van der Waals surface area contributed by atoms with Crippen molar-refractivity contribution in [2.75, 3.05) is 32.7 Å². The number of piperidine rings is 2. The van der Waals surface area contributed by atoms with Gasteiger partial charge >= 0.3 is 5.97 Å². The van der Waals surface area contributed by atoms with Crippen LogP contribution in [0.5, 0.6) is 0 Å². The van der Waals surface area contributed by atoms with E-state index in [1.807, 2.05) is 4.90 Å². The number of hydrogen-bond donors (Lipinski definition) is 2. The lowest BCUT2D eigenvalue weighted by atomic mass is 9.59. The molecule has 3 aliphatic heterocycles. The van der Waals surface area contributed by atoms with Crippen molar-refractivity contribution < 1.29 is 19.3 Å². The molecule has 162 valence electrons. The molecule has 4 fully saturated rings. The molecule has 3 saturated heterocycles. The predicted octanol–water partition coefficient (Wildman–Crippen LogP) is 1.42. The highest BCUT2D eigenvalue weighted by Crippen LogP contribution is 2.53. The monoisotopic (exact) mass is 402 g/mol. The summed E-state index contributed by atoms with van der Waals surface area (Å²) in [6.45, 7) is 11.1. The topological polar surface area (TPSA) is 35.2 Å². The maximum absolute atomic E-state index is 12.8. The zero-order valence-electron chi connectivity index (χ0n) is 18.7. The Kier molecular flexibility index (Phi) is 5.53. The average Bonchev–Trinajstić information content (AvgIpc) is 3.01. The first-order chi connectivity index (χ1) is 14.0. The Morgan fingerprint density at radius 2 is 1.83 bits per heavy atom. The molecule has 5 aliphatic rings. The van der Waals surface area contributed by atoms with Crippen LogP contribution in [0.4, 0.5) is 0 Å². The summed E-state index contributed by atoms with van der Waals surface area (Å²) in [6.07, 6.45) is 14.6.